The lowest BCUT2D eigenvalue weighted by Crippen LogP contribution is -2.25. The Morgan fingerprint density at radius 2 is 2.29 bits per heavy atom. The molecule has 21 heavy (non-hydrogen) atoms. The number of thioether (sulfide) groups is 1. The van der Waals surface area contributed by atoms with Crippen molar-refractivity contribution < 1.29 is 19.1 Å². The molecule has 1 fully saturated rings. The lowest BCUT2D eigenvalue weighted by Gasteiger charge is -2.19. The van der Waals surface area contributed by atoms with Gasteiger partial charge in [0, 0.05) is 17.0 Å². The molecule has 0 unspecified atom stereocenters. The highest BCUT2D eigenvalue weighted by Gasteiger charge is 2.32. The van der Waals surface area contributed by atoms with E-state index in [0.717, 1.165) is 16.9 Å². The van der Waals surface area contributed by atoms with Gasteiger partial charge in [-0.3, -0.25) is 9.69 Å². The summed E-state index contributed by atoms with van der Waals surface area (Å²) in [7, 11) is 0. The molecule has 1 aromatic carbocycles. The number of fused-ring (bicyclic) bond motifs is 1. The average molecular weight is 306 g/mol. The van der Waals surface area contributed by atoms with E-state index in [1.54, 1.807) is 6.07 Å². The van der Waals surface area contributed by atoms with Crippen LogP contribution in [0.2, 0.25) is 0 Å². The molecule has 1 N–H and O–H groups in total. The van der Waals surface area contributed by atoms with Gasteiger partial charge in [-0.1, -0.05) is 0 Å². The minimum absolute atomic E-state index is 0.0440. The number of carbonyl (C=O) groups excluding carboxylic acids is 3. The number of aldehydes is 1. The Hall–Kier alpha value is -2.02. The van der Waals surface area contributed by atoms with Crippen molar-refractivity contribution in [2.24, 2.45) is 0 Å². The van der Waals surface area contributed by atoms with E-state index in [0.29, 0.717) is 30.8 Å². The number of rotatable bonds is 4. The summed E-state index contributed by atoms with van der Waals surface area (Å²) in [4.78, 5) is 36.2. The summed E-state index contributed by atoms with van der Waals surface area (Å²) in [5.41, 5.74) is 1.41. The molecule has 0 spiro atoms. The third-order valence-corrected chi connectivity index (χ3v) is 4.46. The molecule has 0 bridgehead atoms. The van der Waals surface area contributed by atoms with E-state index in [1.807, 2.05) is 12.1 Å². The number of nitrogens with one attached hydrogen (secondary N) is 1. The van der Waals surface area contributed by atoms with Gasteiger partial charge in [0.2, 0.25) is 5.91 Å². The van der Waals surface area contributed by atoms with Gasteiger partial charge in [-0.05, 0) is 24.6 Å². The first-order valence-electron chi connectivity index (χ1n) is 6.66. The number of hydrogen-bond donors (Lipinski definition) is 1. The van der Waals surface area contributed by atoms with Crippen molar-refractivity contribution in [1.82, 2.24) is 0 Å². The molecule has 7 heteroatoms. The summed E-state index contributed by atoms with van der Waals surface area (Å²) in [6.07, 6.45) is 1.05. The first kappa shape index (κ1) is 13.9. The summed E-state index contributed by atoms with van der Waals surface area (Å²) in [6.45, 7) is 0.423. The Morgan fingerprint density at radius 1 is 1.43 bits per heavy atom. The average Bonchev–Trinajstić information content (AvgIpc) is 2.85. The van der Waals surface area contributed by atoms with Crippen molar-refractivity contribution in [3.8, 4) is 0 Å². The fourth-order valence-corrected chi connectivity index (χ4v) is 3.16. The van der Waals surface area contributed by atoms with Gasteiger partial charge in [0.1, 0.15) is 12.4 Å². The molecule has 2 amide bonds. The fraction of sp³-hybridized carbons (Fsp3) is 0.357. The van der Waals surface area contributed by atoms with E-state index < -0.39 is 6.09 Å². The van der Waals surface area contributed by atoms with E-state index in [2.05, 4.69) is 5.32 Å². The molecular formula is C14H14N2O4S. The molecule has 1 aromatic rings. The Labute approximate surface area is 125 Å². The van der Waals surface area contributed by atoms with Gasteiger partial charge in [-0.2, -0.15) is 0 Å². The number of nitrogens with zero attached hydrogens (tertiary/aromatic N) is 1. The zero-order valence-electron chi connectivity index (χ0n) is 11.2. The molecule has 0 aromatic heterocycles. The van der Waals surface area contributed by atoms with Crippen molar-refractivity contribution >= 4 is 41.4 Å². The molecular weight excluding hydrogens is 292 g/mol. The van der Waals surface area contributed by atoms with Crippen LogP contribution in [0, 0.1) is 0 Å². The van der Waals surface area contributed by atoms with Crippen molar-refractivity contribution in [3.63, 3.8) is 0 Å². The highest BCUT2D eigenvalue weighted by molar-refractivity contribution is 8.00. The topological polar surface area (TPSA) is 75.7 Å². The monoisotopic (exact) mass is 306 g/mol. The molecule has 6 nitrogen and oxygen atoms in total. The third-order valence-electron chi connectivity index (χ3n) is 3.39. The summed E-state index contributed by atoms with van der Waals surface area (Å²) in [6, 6.07) is 5.51. The molecule has 110 valence electrons. The Morgan fingerprint density at radius 3 is 3.10 bits per heavy atom. The van der Waals surface area contributed by atoms with E-state index >= 15 is 0 Å². The summed E-state index contributed by atoms with van der Waals surface area (Å²) in [5.74, 6) is 0.365. The number of hydrogen-bond acceptors (Lipinski definition) is 5. The third kappa shape index (κ3) is 2.87. The molecule has 3 rings (SSSR count). The van der Waals surface area contributed by atoms with Gasteiger partial charge in [0.15, 0.2) is 0 Å². The zero-order valence-corrected chi connectivity index (χ0v) is 12.0. The molecule has 2 aliphatic heterocycles. The van der Waals surface area contributed by atoms with Gasteiger partial charge in [-0.15, -0.1) is 11.8 Å². The van der Waals surface area contributed by atoms with Crippen LogP contribution in [0.25, 0.3) is 0 Å². The van der Waals surface area contributed by atoms with Crippen molar-refractivity contribution in [2.75, 3.05) is 22.5 Å². The molecule has 0 saturated carbocycles. The maximum Gasteiger partial charge on any atom is 0.414 e. The van der Waals surface area contributed by atoms with Crippen LogP contribution in [0.5, 0.6) is 0 Å². The number of cyclic esters (lactones) is 1. The number of carbonyl (C=O) groups is 3. The Bertz CT molecular complexity index is 605. The largest absolute Gasteiger partial charge is 0.444 e. The van der Waals surface area contributed by atoms with E-state index in [-0.39, 0.29) is 12.0 Å². The quantitative estimate of drug-likeness (QED) is 0.861. The second-order valence-electron chi connectivity index (χ2n) is 4.88. The fourth-order valence-electron chi connectivity index (χ4n) is 2.38. The molecule has 2 heterocycles. The van der Waals surface area contributed by atoms with E-state index in [1.165, 1.54) is 16.7 Å². The van der Waals surface area contributed by atoms with Crippen LogP contribution in [0.3, 0.4) is 0 Å². The lowest BCUT2D eigenvalue weighted by molar-refractivity contribution is -0.114. The van der Waals surface area contributed by atoms with Crippen LogP contribution in [0.4, 0.5) is 16.2 Å². The Kier molecular flexibility index (Phi) is 3.83. The van der Waals surface area contributed by atoms with Crippen LogP contribution in [0.15, 0.2) is 23.1 Å². The predicted octanol–water partition coefficient (Wildman–Crippen LogP) is 2.04. The molecule has 0 radical (unpaired) electrons. The van der Waals surface area contributed by atoms with Crippen molar-refractivity contribution in [2.45, 2.75) is 23.8 Å². The van der Waals surface area contributed by atoms with Crippen molar-refractivity contribution in [1.29, 1.82) is 0 Å². The number of benzene rings is 1. The van der Waals surface area contributed by atoms with Gasteiger partial charge in [-0.25, -0.2) is 4.79 Å². The molecule has 0 aliphatic carbocycles. The lowest BCUT2D eigenvalue weighted by atomic mass is 10.2. The summed E-state index contributed by atoms with van der Waals surface area (Å²) in [5, 5.41) is 2.80. The van der Waals surface area contributed by atoms with Gasteiger partial charge < -0.3 is 14.8 Å². The predicted molar refractivity (Wildman–Crippen MR) is 78.7 cm³/mol. The van der Waals surface area contributed by atoms with Crippen LogP contribution < -0.4 is 10.2 Å². The Balaban J connectivity index is 1.78. The maximum absolute atomic E-state index is 11.9. The minimum Gasteiger partial charge on any atom is -0.444 e. The minimum atomic E-state index is -0.416. The van der Waals surface area contributed by atoms with E-state index in [9.17, 15) is 14.4 Å². The maximum atomic E-state index is 11.9. The van der Waals surface area contributed by atoms with Gasteiger partial charge >= 0.3 is 6.09 Å². The van der Waals surface area contributed by atoms with Crippen LogP contribution in [-0.4, -0.2) is 36.7 Å². The van der Waals surface area contributed by atoms with Crippen LogP contribution in [-0.2, 0) is 14.3 Å². The highest BCUT2D eigenvalue weighted by atomic mass is 32.2. The zero-order chi connectivity index (χ0) is 14.8. The number of amides is 2. The molecule has 1 saturated heterocycles. The van der Waals surface area contributed by atoms with Crippen LogP contribution in [0.1, 0.15) is 12.8 Å². The summed E-state index contributed by atoms with van der Waals surface area (Å²) >= 11 is 1.47. The number of ether oxygens (including phenoxy) is 1. The van der Waals surface area contributed by atoms with E-state index in [4.69, 9.17) is 4.74 Å². The van der Waals surface area contributed by atoms with Gasteiger partial charge in [0.05, 0.1) is 18.0 Å². The normalized spacial score (nSPS) is 20.8. The second-order valence-corrected chi connectivity index (χ2v) is 5.89. The van der Waals surface area contributed by atoms with Crippen LogP contribution >= 0.6 is 11.8 Å². The SMILES string of the molecule is O=CCC[C@@H]1CN(c2ccc3c(c2)NC(=O)CS3)C(=O)O1. The first-order chi connectivity index (χ1) is 10.2. The highest BCUT2D eigenvalue weighted by Crippen LogP contribution is 2.35. The molecule has 2 aliphatic rings. The first-order valence-corrected chi connectivity index (χ1v) is 7.64. The number of anilines is 2. The van der Waals surface area contributed by atoms with Gasteiger partial charge in [0.25, 0.3) is 0 Å². The molecule has 1 atom stereocenters. The van der Waals surface area contributed by atoms with Crippen molar-refractivity contribution in [3.05, 3.63) is 18.2 Å². The second kappa shape index (κ2) is 5.77. The smallest absolute Gasteiger partial charge is 0.414 e. The summed E-state index contributed by atoms with van der Waals surface area (Å²) < 4.78 is 5.23. The standard InChI is InChI=1S/C14H14N2O4S/c17-5-1-2-10-7-16(14(19)20-10)9-3-4-12-11(6-9)15-13(18)8-21-12/h3-6,10H,1-2,7-8H2,(H,15,18)/t10-/m1/s1.